The van der Waals surface area contributed by atoms with Crippen LogP contribution in [-0.2, 0) is 16.1 Å². The van der Waals surface area contributed by atoms with Gasteiger partial charge in [-0.3, -0.25) is 14.5 Å². The number of carbonyl (C=O) groups is 2. The Kier molecular flexibility index (Phi) is 4.32. The summed E-state index contributed by atoms with van der Waals surface area (Å²) in [6.07, 6.45) is 0.332. The lowest BCUT2D eigenvalue weighted by Crippen LogP contribution is -2.92. The van der Waals surface area contributed by atoms with Gasteiger partial charge in [0, 0.05) is 5.92 Å². The molecule has 1 aromatic carbocycles. The summed E-state index contributed by atoms with van der Waals surface area (Å²) in [6, 6.07) is 9.41. The summed E-state index contributed by atoms with van der Waals surface area (Å²) in [5, 5.41) is 2.00. The van der Waals surface area contributed by atoms with E-state index in [0.717, 1.165) is 12.1 Å². The first-order valence-corrected chi connectivity index (χ1v) is 6.79. The number of nitrogens with zero attached hydrogens (tertiary/aromatic N) is 1. The van der Waals surface area contributed by atoms with Gasteiger partial charge in [-0.2, -0.15) is 0 Å². The van der Waals surface area contributed by atoms with Crippen molar-refractivity contribution in [3.05, 3.63) is 35.9 Å². The Hall–Kier alpha value is -1.68. The minimum Gasteiger partial charge on any atom is -0.335 e. The number of benzene rings is 1. The fourth-order valence-electron chi connectivity index (χ4n) is 2.26. The third-order valence-electron chi connectivity index (χ3n) is 3.35. The van der Waals surface area contributed by atoms with Crippen molar-refractivity contribution in [2.45, 2.75) is 32.9 Å². The maximum Gasteiger partial charge on any atom is 0.288 e. The predicted molar refractivity (Wildman–Crippen MR) is 72.0 cm³/mol. The van der Waals surface area contributed by atoms with Crippen LogP contribution in [0.4, 0.5) is 0 Å². The van der Waals surface area contributed by atoms with Gasteiger partial charge in [0.2, 0.25) is 5.91 Å². The van der Waals surface area contributed by atoms with Crippen molar-refractivity contribution in [2.24, 2.45) is 5.92 Å². The minimum atomic E-state index is -0.224. The van der Waals surface area contributed by atoms with Gasteiger partial charge in [0.05, 0.1) is 19.5 Å². The van der Waals surface area contributed by atoms with Crippen molar-refractivity contribution in [1.29, 1.82) is 0 Å². The van der Waals surface area contributed by atoms with E-state index in [4.69, 9.17) is 0 Å². The third kappa shape index (κ3) is 3.41. The van der Waals surface area contributed by atoms with Crippen LogP contribution in [0.1, 0.15) is 25.8 Å². The lowest BCUT2D eigenvalue weighted by Gasteiger charge is -2.14. The summed E-state index contributed by atoms with van der Waals surface area (Å²) < 4.78 is 0. The lowest BCUT2D eigenvalue weighted by atomic mass is 10.2. The molecule has 0 bridgehead atoms. The first-order valence-electron chi connectivity index (χ1n) is 6.79. The van der Waals surface area contributed by atoms with Gasteiger partial charge < -0.3 is 5.32 Å². The average Bonchev–Trinajstić information content (AvgIpc) is 2.65. The van der Waals surface area contributed by atoms with Crippen molar-refractivity contribution in [3.8, 4) is 0 Å². The van der Waals surface area contributed by atoms with Crippen LogP contribution in [0.5, 0.6) is 0 Å². The van der Waals surface area contributed by atoms with E-state index in [9.17, 15) is 9.59 Å². The Balaban J connectivity index is 1.98. The fraction of sp³-hybridized carbons (Fsp3) is 0.467. The highest BCUT2D eigenvalue weighted by atomic mass is 16.2. The van der Waals surface area contributed by atoms with Gasteiger partial charge in [0.15, 0.2) is 6.04 Å². The van der Waals surface area contributed by atoms with Gasteiger partial charge in [0.25, 0.3) is 5.91 Å². The molecular formula is C15H21N2O2+. The molecule has 1 fully saturated rings. The second-order valence-corrected chi connectivity index (χ2v) is 5.48. The number of carbonyl (C=O) groups excluding carboxylic acids is 2. The van der Waals surface area contributed by atoms with E-state index in [1.54, 1.807) is 0 Å². The molecule has 0 radical (unpaired) electrons. The highest BCUT2D eigenvalue weighted by Gasteiger charge is 2.41. The van der Waals surface area contributed by atoms with Crippen LogP contribution in [0, 0.1) is 5.92 Å². The summed E-state index contributed by atoms with van der Waals surface area (Å²) in [5.41, 5.74) is 0.994. The van der Waals surface area contributed by atoms with Crippen LogP contribution < -0.4 is 5.32 Å². The fourth-order valence-corrected chi connectivity index (χ4v) is 2.26. The van der Waals surface area contributed by atoms with Crippen molar-refractivity contribution in [2.75, 3.05) is 6.54 Å². The van der Waals surface area contributed by atoms with E-state index >= 15 is 0 Å². The zero-order chi connectivity index (χ0) is 13.8. The van der Waals surface area contributed by atoms with Crippen molar-refractivity contribution >= 4 is 11.8 Å². The standard InChI is InChI=1S/C15H20N2O2/c1-11(2)9-16-13-8-14(18)17(15(13)19)10-12-6-4-3-5-7-12/h3-7,11,13,16H,8-10H2,1-2H3/p+1/t13-/m0/s1. The Bertz CT molecular complexity index is 456. The molecule has 19 heavy (non-hydrogen) atoms. The first kappa shape index (κ1) is 13.7. The van der Waals surface area contributed by atoms with Crippen LogP contribution in [0.2, 0.25) is 0 Å². The number of imide groups is 1. The Labute approximate surface area is 113 Å². The Morgan fingerprint density at radius 2 is 1.95 bits per heavy atom. The van der Waals surface area contributed by atoms with Gasteiger partial charge in [-0.15, -0.1) is 0 Å². The third-order valence-corrected chi connectivity index (χ3v) is 3.35. The lowest BCUT2D eigenvalue weighted by molar-refractivity contribution is -0.679. The summed E-state index contributed by atoms with van der Waals surface area (Å²) in [4.78, 5) is 25.5. The highest BCUT2D eigenvalue weighted by molar-refractivity contribution is 6.04. The summed E-state index contributed by atoms with van der Waals surface area (Å²) in [5.74, 6) is 0.416. The maximum absolute atomic E-state index is 12.2. The van der Waals surface area contributed by atoms with Gasteiger partial charge in [-0.25, -0.2) is 0 Å². The molecule has 0 aliphatic carbocycles. The molecule has 0 unspecified atom stereocenters. The summed E-state index contributed by atoms with van der Waals surface area (Å²) in [7, 11) is 0. The van der Waals surface area contributed by atoms with Gasteiger partial charge in [-0.05, 0) is 5.56 Å². The Morgan fingerprint density at radius 3 is 2.58 bits per heavy atom. The number of hydrogen-bond donors (Lipinski definition) is 1. The van der Waals surface area contributed by atoms with Crippen molar-refractivity contribution in [3.63, 3.8) is 0 Å². The number of rotatable bonds is 5. The predicted octanol–water partition coefficient (Wildman–Crippen LogP) is 0.533. The van der Waals surface area contributed by atoms with Gasteiger partial charge >= 0.3 is 0 Å². The number of amides is 2. The van der Waals surface area contributed by atoms with Gasteiger partial charge in [0.1, 0.15) is 0 Å². The first-order chi connectivity index (χ1) is 9.08. The van der Waals surface area contributed by atoms with E-state index in [1.807, 2.05) is 35.6 Å². The number of quaternary nitrogens is 1. The Morgan fingerprint density at radius 1 is 1.26 bits per heavy atom. The second-order valence-electron chi connectivity index (χ2n) is 5.48. The summed E-state index contributed by atoms with van der Waals surface area (Å²) in [6.45, 7) is 5.49. The second kappa shape index (κ2) is 5.97. The maximum atomic E-state index is 12.2. The molecule has 102 valence electrons. The van der Waals surface area contributed by atoms with E-state index in [0.29, 0.717) is 18.9 Å². The number of hydrogen-bond acceptors (Lipinski definition) is 2. The molecule has 1 aliphatic rings. The highest BCUT2D eigenvalue weighted by Crippen LogP contribution is 2.14. The molecule has 1 aromatic rings. The van der Waals surface area contributed by atoms with E-state index < -0.39 is 0 Å². The van der Waals surface area contributed by atoms with Crippen LogP contribution in [0.25, 0.3) is 0 Å². The molecule has 0 aromatic heterocycles. The molecule has 1 heterocycles. The van der Waals surface area contributed by atoms with Gasteiger partial charge in [-0.1, -0.05) is 44.2 Å². The largest absolute Gasteiger partial charge is 0.335 e. The van der Waals surface area contributed by atoms with Crippen molar-refractivity contribution in [1.82, 2.24) is 4.90 Å². The molecule has 4 nitrogen and oxygen atoms in total. The number of likely N-dealkylation sites (tertiary alicyclic amines) is 1. The molecular weight excluding hydrogens is 240 g/mol. The smallest absolute Gasteiger partial charge is 0.288 e. The number of nitrogens with two attached hydrogens (primary N) is 1. The monoisotopic (exact) mass is 261 g/mol. The van der Waals surface area contributed by atoms with Crippen LogP contribution in [0.3, 0.4) is 0 Å². The average molecular weight is 261 g/mol. The quantitative estimate of drug-likeness (QED) is 0.786. The molecule has 1 atom stereocenters. The molecule has 2 N–H and O–H groups in total. The van der Waals surface area contributed by atoms with Crippen molar-refractivity contribution < 1.29 is 14.9 Å². The molecule has 4 heteroatoms. The molecule has 0 saturated carbocycles. The van der Waals surface area contributed by atoms with Crippen LogP contribution in [-0.4, -0.2) is 29.3 Å². The summed E-state index contributed by atoms with van der Waals surface area (Å²) >= 11 is 0. The van der Waals surface area contributed by atoms with E-state index in [-0.39, 0.29) is 17.9 Å². The minimum absolute atomic E-state index is 0.0468. The topological polar surface area (TPSA) is 54.0 Å². The van der Waals surface area contributed by atoms with Crippen LogP contribution >= 0.6 is 0 Å². The zero-order valence-electron chi connectivity index (χ0n) is 11.5. The van der Waals surface area contributed by atoms with E-state index in [2.05, 4.69) is 13.8 Å². The molecule has 2 rings (SSSR count). The molecule has 1 saturated heterocycles. The SMILES string of the molecule is CC(C)C[NH2+][C@H]1CC(=O)N(Cc2ccccc2)C1=O. The molecule has 2 amide bonds. The van der Waals surface area contributed by atoms with Crippen LogP contribution in [0.15, 0.2) is 30.3 Å². The normalized spacial score (nSPS) is 19.5. The van der Waals surface area contributed by atoms with E-state index in [1.165, 1.54) is 4.90 Å². The molecule has 0 spiro atoms. The zero-order valence-corrected chi connectivity index (χ0v) is 11.5. The molecule has 1 aliphatic heterocycles.